The Morgan fingerprint density at radius 2 is 1.41 bits per heavy atom. The third-order valence-electron chi connectivity index (χ3n) is 5.12. The van der Waals surface area contributed by atoms with E-state index in [1.54, 1.807) is 32.9 Å². The van der Waals surface area contributed by atoms with Crippen molar-refractivity contribution < 1.29 is 38.1 Å². The number of benzene rings is 1. The first-order valence-corrected chi connectivity index (χ1v) is 10.1. The van der Waals surface area contributed by atoms with Crippen LogP contribution in [0.1, 0.15) is 49.2 Å². The van der Waals surface area contributed by atoms with Gasteiger partial charge in [-0.05, 0) is 51.0 Å². The van der Waals surface area contributed by atoms with Crippen molar-refractivity contribution in [2.75, 3.05) is 20.8 Å². The molecule has 0 N–H and O–H groups in total. The number of allylic oxidation sites excluding steroid dienone is 2. The molecule has 0 bridgehead atoms. The number of carbonyl (C=O) groups excluding carboxylic acids is 4. The molecule has 0 heterocycles. The van der Waals surface area contributed by atoms with Gasteiger partial charge < -0.3 is 18.9 Å². The Balaban J connectivity index is 1.93. The third-order valence-corrected chi connectivity index (χ3v) is 5.12. The number of hydrogen-bond acceptors (Lipinski definition) is 8. The zero-order valence-electron chi connectivity index (χ0n) is 19.0. The zero-order chi connectivity index (χ0) is 23.8. The van der Waals surface area contributed by atoms with Crippen molar-refractivity contribution in [2.24, 2.45) is 0 Å². The van der Waals surface area contributed by atoms with E-state index >= 15 is 0 Å². The normalized spacial score (nSPS) is 15.8. The topological polar surface area (TPSA) is 105 Å². The van der Waals surface area contributed by atoms with Gasteiger partial charge in [-0.15, -0.1) is 0 Å². The molecule has 0 unspecified atom stereocenters. The van der Waals surface area contributed by atoms with E-state index in [1.165, 1.54) is 21.1 Å². The highest BCUT2D eigenvalue weighted by Gasteiger charge is 2.39. The van der Waals surface area contributed by atoms with Gasteiger partial charge in [0.15, 0.2) is 12.4 Å². The van der Waals surface area contributed by atoms with Gasteiger partial charge in [0.2, 0.25) is 23.1 Å². The molecule has 2 aliphatic carbocycles. The van der Waals surface area contributed by atoms with Crippen LogP contribution in [0.4, 0.5) is 0 Å². The number of ketones is 3. The summed E-state index contributed by atoms with van der Waals surface area (Å²) in [5.41, 5.74) is 1.74. The highest BCUT2D eigenvalue weighted by Crippen LogP contribution is 2.37. The molecular formula is C24H26O8. The molecule has 8 nitrogen and oxygen atoms in total. The predicted octanol–water partition coefficient (Wildman–Crippen LogP) is 2.66. The predicted molar refractivity (Wildman–Crippen MR) is 113 cm³/mol. The Morgan fingerprint density at radius 3 is 1.84 bits per heavy atom. The lowest BCUT2D eigenvalue weighted by Gasteiger charge is -2.27. The molecule has 0 saturated heterocycles. The number of hydrogen-bond donors (Lipinski definition) is 0. The molecule has 0 fully saturated rings. The van der Waals surface area contributed by atoms with Crippen LogP contribution < -0.4 is 4.74 Å². The Bertz CT molecular complexity index is 1080. The number of esters is 1. The number of Topliss-reactive ketones (excluding diaryl/α,β-unsaturated/α-hetero) is 3. The summed E-state index contributed by atoms with van der Waals surface area (Å²) in [6.07, 6.45) is 0.339. The first-order chi connectivity index (χ1) is 15.0. The number of fused-ring (bicyclic) bond motifs is 1. The van der Waals surface area contributed by atoms with E-state index in [1.807, 2.05) is 0 Å². The van der Waals surface area contributed by atoms with Crippen LogP contribution in [-0.4, -0.2) is 49.7 Å². The number of carbonyl (C=O) groups is 4. The van der Waals surface area contributed by atoms with Crippen LogP contribution in [0.25, 0.3) is 0 Å². The summed E-state index contributed by atoms with van der Waals surface area (Å²) in [6.45, 7) is 6.26. The molecule has 0 aromatic heterocycles. The Labute approximate surface area is 186 Å². The second kappa shape index (κ2) is 8.61. The molecule has 0 spiro atoms. The second-order valence-electron chi connectivity index (χ2n) is 8.58. The fourth-order valence-corrected chi connectivity index (χ4v) is 3.78. The third kappa shape index (κ3) is 4.44. The molecule has 32 heavy (non-hydrogen) atoms. The fourth-order valence-electron chi connectivity index (χ4n) is 3.78. The van der Waals surface area contributed by atoms with Crippen LogP contribution >= 0.6 is 0 Å². The average Bonchev–Trinajstić information content (AvgIpc) is 2.71. The zero-order valence-corrected chi connectivity index (χ0v) is 19.0. The average molecular weight is 442 g/mol. The Kier molecular flexibility index (Phi) is 6.25. The molecule has 0 aliphatic heterocycles. The van der Waals surface area contributed by atoms with E-state index in [2.05, 4.69) is 0 Å². The van der Waals surface area contributed by atoms with Gasteiger partial charge in [-0.3, -0.25) is 14.4 Å². The highest BCUT2D eigenvalue weighted by atomic mass is 16.6. The minimum Gasteiger partial charge on any atom is -0.489 e. The summed E-state index contributed by atoms with van der Waals surface area (Å²) in [5.74, 6) is -1.65. The van der Waals surface area contributed by atoms with Gasteiger partial charge in [-0.1, -0.05) is 0 Å². The van der Waals surface area contributed by atoms with Crippen LogP contribution in [0, 0.1) is 0 Å². The Hall–Kier alpha value is -3.42. The van der Waals surface area contributed by atoms with Crippen molar-refractivity contribution in [2.45, 2.75) is 46.1 Å². The van der Waals surface area contributed by atoms with E-state index in [4.69, 9.17) is 18.9 Å². The maximum absolute atomic E-state index is 12.9. The van der Waals surface area contributed by atoms with Crippen LogP contribution in [0.15, 0.2) is 34.8 Å². The number of rotatable bonds is 6. The van der Waals surface area contributed by atoms with Gasteiger partial charge in [-0.2, -0.15) is 0 Å². The molecule has 3 rings (SSSR count). The van der Waals surface area contributed by atoms with Crippen LogP contribution in [0.3, 0.4) is 0 Å². The molecule has 0 amide bonds. The first-order valence-electron chi connectivity index (χ1n) is 10.1. The molecule has 170 valence electrons. The van der Waals surface area contributed by atoms with E-state index < -0.39 is 23.1 Å². The molecule has 1 aromatic carbocycles. The number of methoxy groups -OCH3 is 2. The van der Waals surface area contributed by atoms with Gasteiger partial charge >= 0.3 is 5.97 Å². The van der Waals surface area contributed by atoms with Gasteiger partial charge in [0.05, 0.1) is 19.8 Å². The summed E-state index contributed by atoms with van der Waals surface area (Å²) in [5, 5.41) is 0. The molecule has 8 heteroatoms. The van der Waals surface area contributed by atoms with E-state index in [0.29, 0.717) is 11.1 Å². The molecule has 0 radical (unpaired) electrons. The Morgan fingerprint density at radius 1 is 0.906 bits per heavy atom. The summed E-state index contributed by atoms with van der Waals surface area (Å²) in [7, 11) is 2.62. The second-order valence-corrected chi connectivity index (χ2v) is 8.58. The van der Waals surface area contributed by atoms with Gasteiger partial charge in [0, 0.05) is 24.0 Å². The minimum absolute atomic E-state index is 0.121. The van der Waals surface area contributed by atoms with Crippen molar-refractivity contribution in [1.29, 1.82) is 0 Å². The fraction of sp³-hybridized carbons (Fsp3) is 0.417. The summed E-state index contributed by atoms with van der Waals surface area (Å²) in [6, 6.07) is 3.28. The van der Waals surface area contributed by atoms with E-state index in [9.17, 15) is 19.2 Å². The van der Waals surface area contributed by atoms with Gasteiger partial charge in [0.1, 0.15) is 11.4 Å². The van der Waals surface area contributed by atoms with E-state index in [-0.39, 0.29) is 48.1 Å². The smallest absolute Gasteiger partial charge is 0.344 e. The SMILES string of the molecule is COC1=C(OC)C(=O)C2=C(Cc3cc(OCC(=O)OC(C)(C)C)c(C(C)=O)cc3C2)C1=O. The molecule has 1 aromatic rings. The van der Waals surface area contributed by atoms with Crippen LogP contribution in [-0.2, 0) is 41.4 Å². The lowest BCUT2D eigenvalue weighted by Crippen LogP contribution is -2.30. The molecule has 2 aliphatic rings. The monoisotopic (exact) mass is 442 g/mol. The van der Waals surface area contributed by atoms with Gasteiger partial charge in [0.25, 0.3) is 0 Å². The molecule has 0 saturated carbocycles. The van der Waals surface area contributed by atoms with Crippen molar-refractivity contribution in [1.82, 2.24) is 0 Å². The molecule has 0 atom stereocenters. The number of ether oxygens (including phenoxy) is 4. The van der Waals surface area contributed by atoms with Gasteiger partial charge in [-0.25, -0.2) is 4.79 Å². The lowest BCUT2D eigenvalue weighted by atomic mass is 9.78. The van der Waals surface area contributed by atoms with Crippen molar-refractivity contribution >= 4 is 23.3 Å². The lowest BCUT2D eigenvalue weighted by molar-refractivity contribution is -0.157. The maximum Gasteiger partial charge on any atom is 0.344 e. The standard InChI is InChI=1S/C24H26O8/c1-12(25)15-7-13-8-16-17(21(28)23(30-6)22(29-5)20(16)27)9-14(13)10-18(15)31-11-19(26)32-24(2,3)4/h7,10H,8-9,11H2,1-6H3. The maximum atomic E-state index is 12.9. The highest BCUT2D eigenvalue weighted by molar-refractivity contribution is 6.24. The van der Waals surface area contributed by atoms with Crippen LogP contribution in [0.5, 0.6) is 5.75 Å². The summed E-state index contributed by atoms with van der Waals surface area (Å²) in [4.78, 5) is 50.1. The first kappa shape index (κ1) is 23.2. The van der Waals surface area contributed by atoms with Crippen molar-refractivity contribution in [3.05, 3.63) is 51.5 Å². The van der Waals surface area contributed by atoms with Crippen LogP contribution in [0.2, 0.25) is 0 Å². The quantitative estimate of drug-likeness (QED) is 0.376. The van der Waals surface area contributed by atoms with Crippen molar-refractivity contribution in [3.63, 3.8) is 0 Å². The minimum atomic E-state index is -0.663. The summed E-state index contributed by atoms with van der Waals surface area (Å²) >= 11 is 0. The molecular weight excluding hydrogens is 416 g/mol. The van der Waals surface area contributed by atoms with E-state index in [0.717, 1.165) is 11.1 Å². The largest absolute Gasteiger partial charge is 0.489 e. The summed E-state index contributed by atoms with van der Waals surface area (Å²) < 4.78 is 21.1. The van der Waals surface area contributed by atoms with Crippen molar-refractivity contribution in [3.8, 4) is 5.75 Å².